The minimum absolute atomic E-state index is 0.566. The molecular weight excluding hydrogens is 565 g/mol. The van der Waals surface area contributed by atoms with Crippen LogP contribution >= 0.6 is 0 Å². The van der Waals surface area contributed by atoms with Crippen molar-refractivity contribution >= 4 is 0 Å². The van der Waals surface area contributed by atoms with E-state index in [0.29, 0.717) is 5.92 Å². The van der Waals surface area contributed by atoms with E-state index in [9.17, 15) is 0 Å². The normalized spacial score (nSPS) is 10.0. The molecule has 242 valence electrons. The van der Waals surface area contributed by atoms with Gasteiger partial charge in [-0.3, -0.25) is 0 Å². The Hall–Kier alpha value is -4.68. The lowest BCUT2D eigenvalue weighted by atomic mass is 9.91. The molecule has 0 aliphatic carbocycles. The highest BCUT2D eigenvalue weighted by molar-refractivity contribution is 5.71. The molecule has 0 saturated heterocycles. The summed E-state index contributed by atoms with van der Waals surface area (Å²) >= 11 is 0. The van der Waals surface area contributed by atoms with Crippen molar-refractivity contribution in [1.29, 1.82) is 0 Å². The number of aryl methyl sites for hydroxylation is 5. The Bertz CT molecular complexity index is 1680. The first kappa shape index (κ1) is 36.8. The molecular formula is C47H54. The van der Waals surface area contributed by atoms with Gasteiger partial charge in [0.15, 0.2) is 0 Å². The minimum Gasteiger partial charge on any atom is -0.0651 e. The lowest BCUT2D eigenvalue weighted by Crippen LogP contribution is -1.93. The molecule has 6 aromatic carbocycles. The largest absolute Gasteiger partial charge is 0.0651 e. The fourth-order valence-corrected chi connectivity index (χ4v) is 5.27. The molecule has 0 atom stereocenters. The Balaban J connectivity index is 0.000000179. The number of hydrogen-bond acceptors (Lipinski definition) is 0. The summed E-state index contributed by atoms with van der Waals surface area (Å²) < 4.78 is 0. The van der Waals surface area contributed by atoms with Crippen LogP contribution in [0.1, 0.15) is 73.4 Å². The molecule has 6 aromatic rings. The van der Waals surface area contributed by atoms with Gasteiger partial charge in [0.1, 0.15) is 0 Å². The van der Waals surface area contributed by atoms with Crippen LogP contribution in [0.5, 0.6) is 0 Å². The molecule has 0 radical (unpaired) electrons. The second-order valence-electron chi connectivity index (χ2n) is 12.4. The second-order valence-corrected chi connectivity index (χ2v) is 12.4. The van der Waals surface area contributed by atoms with Crippen LogP contribution in [-0.4, -0.2) is 0 Å². The van der Waals surface area contributed by atoms with Gasteiger partial charge in [-0.15, -0.1) is 0 Å². The Morgan fingerprint density at radius 3 is 1.38 bits per heavy atom. The third-order valence-corrected chi connectivity index (χ3v) is 8.09. The molecule has 0 bridgehead atoms. The highest BCUT2D eigenvalue weighted by Crippen LogP contribution is 2.30. The molecule has 0 amide bonds. The number of benzene rings is 6. The van der Waals surface area contributed by atoms with E-state index in [-0.39, 0.29) is 0 Å². The van der Waals surface area contributed by atoms with Crippen LogP contribution in [0.4, 0.5) is 0 Å². The highest BCUT2D eigenvalue weighted by atomic mass is 14.1. The molecule has 0 fully saturated rings. The van der Waals surface area contributed by atoms with Crippen LogP contribution in [0.3, 0.4) is 0 Å². The van der Waals surface area contributed by atoms with Crippen molar-refractivity contribution in [2.45, 2.75) is 73.6 Å². The summed E-state index contributed by atoms with van der Waals surface area (Å²) in [4.78, 5) is 0. The Morgan fingerprint density at radius 2 is 0.894 bits per heavy atom. The van der Waals surface area contributed by atoms with E-state index in [4.69, 9.17) is 0 Å². The summed E-state index contributed by atoms with van der Waals surface area (Å²) in [6.45, 7) is 15.2. The lowest BCUT2D eigenvalue weighted by molar-refractivity contribution is 0.869. The second kappa shape index (κ2) is 20.4. The Kier molecular flexibility index (Phi) is 16.0. The molecule has 0 heteroatoms. The van der Waals surface area contributed by atoms with E-state index in [1.807, 2.05) is 18.2 Å². The first-order chi connectivity index (χ1) is 22.8. The van der Waals surface area contributed by atoms with Crippen LogP contribution < -0.4 is 0 Å². The highest BCUT2D eigenvalue weighted by Gasteiger charge is 2.08. The van der Waals surface area contributed by atoms with Gasteiger partial charge >= 0.3 is 0 Å². The molecule has 0 aromatic heterocycles. The molecule has 0 spiro atoms. The standard InChI is InChI=1S/C16H18.C15H16.C9H12.C7H8/c1-12(2)14-9-6-7-11-16(14)15-10-5-4-8-13(15)3;1-3-13-6-10-15(11-7-13)14-8-4-12(2)5-9-14;1-2-6-9-7-4-3-5-8-9;1-7-5-3-2-4-6-7/h4-12H,1-3H3;4-11H,3H2,1-2H3;3-5,7-8H,2,6H2,1H3;2-6H,1H3. The van der Waals surface area contributed by atoms with Gasteiger partial charge in [0.2, 0.25) is 0 Å². The predicted octanol–water partition coefficient (Wildman–Crippen LogP) is 13.6. The monoisotopic (exact) mass is 618 g/mol. The summed E-state index contributed by atoms with van der Waals surface area (Å²) in [5.74, 6) is 0.566. The maximum atomic E-state index is 2.25. The molecule has 6 rings (SSSR count). The van der Waals surface area contributed by atoms with Gasteiger partial charge in [-0.1, -0.05) is 203 Å². The van der Waals surface area contributed by atoms with Crippen LogP contribution in [0, 0.1) is 20.8 Å². The third-order valence-electron chi connectivity index (χ3n) is 8.09. The Labute approximate surface area is 286 Å². The zero-order valence-corrected chi connectivity index (χ0v) is 29.7. The molecule has 0 nitrogen and oxygen atoms in total. The van der Waals surface area contributed by atoms with Crippen LogP contribution in [-0.2, 0) is 12.8 Å². The smallest absolute Gasteiger partial charge is 0.0147 e. The average Bonchev–Trinajstić information content (AvgIpc) is 3.11. The van der Waals surface area contributed by atoms with E-state index in [1.165, 1.54) is 68.5 Å². The van der Waals surface area contributed by atoms with Gasteiger partial charge in [-0.05, 0) is 84.0 Å². The molecule has 47 heavy (non-hydrogen) atoms. The minimum atomic E-state index is 0.566. The average molecular weight is 619 g/mol. The van der Waals surface area contributed by atoms with Gasteiger partial charge in [0.05, 0.1) is 0 Å². The predicted molar refractivity (Wildman–Crippen MR) is 208 cm³/mol. The SMILES string of the molecule is CCCc1ccccc1.CCc1ccc(-c2ccc(C)cc2)cc1.Cc1ccccc1.Cc1ccccc1-c1ccccc1C(C)C. The van der Waals surface area contributed by atoms with Gasteiger partial charge in [0, 0.05) is 0 Å². The molecule has 0 saturated carbocycles. The summed E-state index contributed by atoms with van der Waals surface area (Å²) in [6.07, 6.45) is 3.55. The maximum Gasteiger partial charge on any atom is -0.0147 e. The van der Waals surface area contributed by atoms with E-state index in [0.717, 1.165) is 6.42 Å². The van der Waals surface area contributed by atoms with E-state index >= 15 is 0 Å². The quantitative estimate of drug-likeness (QED) is 0.174. The fourth-order valence-electron chi connectivity index (χ4n) is 5.27. The van der Waals surface area contributed by atoms with Crippen molar-refractivity contribution < 1.29 is 0 Å². The van der Waals surface area contributed by atoms with E-state index < -0.39 is 0 Å². The van der Waals surface area contributed by atoms with Crippen molar-refractivity contribution in [3.8, 4) is 22.3 Å². The fraction of sp³-hybridized carbons (Fsp3) is 0.234. The van der Waals surface area contributed by atoms with E-state index in [2.05, 4.69) is 188 Å². The summed E-state index contributed by atoms with van der Waals surface area (Å²) in [5.41, 5.74) is 13.6. The topological polar surface area (TPSA) is 0 Å². The lowest BCUT2D eigenvalue weighted by Gasteiger charge is -2.14. The van der Waals surface area contributed by atoms with Crippen LogP contribution in [0.2, 0.25) is 0 Å². The maximum absolute atomic E-state index is 2.25. The number of rotatable bonds is 6. The zero-order chi connectivity index (χ0) is 33.9. The van der Waals surface area contributed by atoms with Crippen molar-refractivity contribution in [3.63, 3.8) is 0 Å². The molecule has 0 aliphatic rings. The molecule has 0 aliphatic heterocycles. The van der Waals surface area contributed by atoms with Crippen molar-refractivity contribution in [2.24, 2.45) is 0 Å². The van der Waals surface area contributed by atoms with Crippen molar-refractivity contribution in [3.05, 3.63) is 191 Å². The summed E-state index contributed by atoms with van der Waals surface area (Å²) in [5, 5.41) is 0. The summed E-state index contributed by atoms with van der Waals surface area (Å²) in [7, 11) is 0. The molecule has 0 N–H and O–H groups in total. The number of hydrogen-bond donors (Lipinski definition) is 0. The van der Waals surface area contributed by atoms with Crippen LogP contribution in [0.25, 0.3) is 22.3 Å². The first-order valence-electron chi connectivity index (χ1n) is 17.2. The molecule has 0 unspecified atom stereocenters. The molecule has 0 heterocycles. The third kappa shape index (κ3) is 12.9. The van der Waals surface area contributed by atoms with Gasteiger partial charge in [0.25, 0.3) is 0 Å². The Morgan fingerprint density at radius 1 is 0.426 bits per heavy atom. The van der Waals surface area contributed by atoms with Crippen molar-refractivity contribution in [1.82, 2.24) is 0 Å². The van der Waals surface area contributed by atoms with E-state index in [1.54, 1.807) is 0 Å². The summed E-state index contributed by atoms with van der Waals surface area (Å²) in [6, 6.07) is 55.6. The first-order valence-corrected chi connectivity index (χ1v) is 17.2. The van der Waals surface area contributed by atoms with Gasteiger partial charge in [-0.25, -0.2) is 0 Å². The zero-order valence-electron chi connectivity index (χ0n) is 29.7. The van der Waals surface area contributed by atoms with Gasteiger partial charge < -0.3 is 0 Å². The van der Waals surface area contributed by atoms with Crippen LogP contribution in [0.15, 0.2) is 158 Å². The van der Waals surface area contributed by atoms with Crippen molar-refractivity contribution in [2.75, 3.05) is 0 Å². The van der Waals surface area contributed by atoms with Gasteiger partial charge in [-0.2, -0.15) is 0 Å².